The van der Waals surface area contributed by atoms with Crippen LogP contribution in [0, 0.1) is 0 Å². The number of hydrogen-bond acceptors (Lipinski definition) is 5. The van der Waals surface area contributed by atoms with E-state index in [9.17, 15) is 9.59 Å². The number of aromatic amines is 1. The fourth-order valence-corrected chi connectivity index (χ4v) is 4.41. The third-order valence-corrected chi connectivity index (χ3v) is 6.54. The first kappa shape index (κ1) is 22.5. The van der Waals surface area contributed by atoms with Gasteiger partial charge in [0.1, 0.15) is 0 Å². The molecule has 0 unspecified atom stereocenters. The summed E-state index contributed by atoms with van der Waals surface area (Å²) in [7, 11) is 3.94. The maximum absolute atomic E-state index is 13.1. The molecule has 178 valence electrons. The molecule has 1 saturated heterocycles. The van der Waals surface area contributed by atoms with E-state index in [0.717, 1.165) is 27.7 Å². The number of nitrogens with one attached hydrogen (secondary N) is 1. The van der Waals surface area contributed by atoms with Gasteiger partial charge in [-0.3, -0.25) is 14.7 Å². The van der Waals surface area contributed by atoms with Gasteiger partial charge in [-0.1, -0.05) is 18.2 Å². The van der Waals surface area contributed by atoms with Gasteiger partial charge in [0, 0.05) is 62.5 Å². The predicted molar refractivity (Wildman–Crippen MR) is 139 cm³/mol. The topological polar surface area (TPSA) is 98.6 Å². The first-order valence-corrected chi connectivity index (χ1v) is 11.6. The standard InChI is InChI=1S/C27H28N6O2/c1-31(2)22-10-7-20(8-11-22)27(35)33-15-13-32(14-16-33)26(34)19-5-3-18(4-6-19)21-9-12-23-24(17-21)29-30-25(23)28/h3-12,17H,13-16H2,1-2H3,(H3,28,29,30). The van der Waals surface area contributed by atoms with Crippen LogP contribution in [0.1, 0.15) is 20.7 Å². The molecule has 0 aliphatic carbocycles. The van der Waals surface area contributed by atoms with Crippen LogP contribution in [0.25, 0.3) is 22.0 Å². The van der Waals surface area contributed by atoms with Gasteiger partial charge < -0.3 is 20.4 Å². The molecule has 1 aliphatic heterocycles. The average molecular weight is 469 g/mol. The molecule has 0 atom stereocenters. The lowest BCUT2D eigenvalue weighted by molar-refractivity contribution is 0.0535. The molecule has 0 bridgehead atoms. The molecule has 8 heteroatoms. The average Bonchev–Trinajstić information content (AvgIpc) is 3.28. The van der Waals surface area contributed by atoms with Gasteiger partial charge >= 0.3 is 0 Å². The highest BCUT2D eigenvalue weighted by Gasteiger charge is 2.25. The van der Waals surface area contributed by atoms with Gasteiger partial charge in [0.2, 0.25) is 0 Å². The van der Waals surface area contributed by atoms with Crippen LogP contribution in [0.2, 0.25) is 0 Å². The number of benzene rings is 3. The Hall–Kier alpha value is -4.33. The molecule has 1 aromatic heterocycles. The monoisotopic (exact) mass is 468 g/mol. The van der Waals surface area contributed by atoms with Crippen LogP contribution in [0.5, 0.6) is 0 Å². The number of piperazine rings is 1. The summed E-state index contributed by atoms with van der Waals surface area (Å²) in [5.74, 6) is 0.468. The number of nitrogens with zero attached hydrogens (tertiary/aromatic N) is 4. The Labute approximate surface area is 203 Å². The second-order valence-electron chi connectivity index (χ2n) is 8.97. The van der Waals surface area contributed by atoms with E-state index in [-0.39, 0.29) is 11.8 Å². The van der Waals surface area contributed by atoms with Gasteiger partial charge in [-0.25, -0.2) is 0 Å². The number of H-pyrrole nitrogens is 1. The van der Waals surface area contributed by atoms with Gasteiger partial charge in [-0.15, -0.1) is 0 Å². The molecule has 2 amide bonds. The van der Waals surface area contributed by atoms with Crippen LogP contribution in [0.15, 0.2) is 66.7 Å². The normalized spacial score (nSPS) is 13.8. The summed E-state index contributed by atoms with van der Waals surface area (Å²) in [4.78, 5) is 31.6. The minimum Gasteiger partial charge on any atom is -0.382 e. The highest BCUT2D eigenvalue weighted by atomic mass is 16.2. The summed E-state index contributed by atoms with van der Waals surface area (Å²) in [6, 6.07) is 21.1. The number of carbonyl (C=O) groups is 2. The lowest BCUT2D eigenvalue weighted by atomic mass is 10.0. The van der Waals surface area contributed by atoms with Crippen molar-refractivity contribution in [3.05, 3.63) is 77.9 Å². The molecule has 4 aromatic rings. The number of hydrogen-bond donors (Lipinski definition) is 2. The van der Waals surface area contributed by atoms with Crippen molar-refractivity contribution < 1.29 is 9.59 Å². The van der Waals surface area contributed by atoms with Gasteiger partial charge in [0.15, 0.2) is 5.82 Å². The second-order valence-corrected chi connectivity index (χ2v) is 8.97. The number of amides is 2. The molecule has 2 heterocycles. The van der Waals surface area contributed by atoms with Crippen LogP contribution in [0.4, 0.5) is 11.5 Å². The Morgan fingerprint density at radius 1 is 0.800 bits per heavy atom. The van der Waals surface area contributed by atoms with E-state index in [1.807, 2.05) is 95.5 Å². The van der Waals surface area contributed by atoms with Crippen LogP contribution in [0.3, 0.4) is 0 Å². The van der Waals surface area contributed by atoms with Crippen LogP contribution in [-0.4, -0.2) is 72.1 Å². The minimum absolute atomic E-state index is 0.00255. The zero-order valence-corrected chi connectivity index (χ0v) is 19.9. The molecular weight excluding hydrogens is 440 g/mol. The fraction of sp³-hybridized carbons (Fsp3) is 0.222. The summed E-state index contributed by atoms with van der Waals surface area (Å²) in [5.41, 5.74) is 11.1. The molecule has 35 heavy (non-hydrogen) atoms. The van der Waals surface area contributed by atoms with E-state index in [2.05, 4.69) is 10.2 Å². The Kier molecular flexibility index (Phi) is 5.86. The number of rotatable bonds is 4. The maximum atomic E-state index is 13.1. The largest absolute Gasteiger partial charge is 0.382 e. The first-order chi connectivity index (χ1) is 16.9. The number of nitrogens with two attached hydrogens (primary N) is 1. The Balaban J connectivity index is 1.21. The van der Waals surface area contributed by atoms with Gasteiger partial charge in [0.05, 0.1) is 5.52 Å². The second kappa shape index (κ2) is 9.13. The van der Waals surface area contributed by atoms with Crippen molar-refractivity contribution in [2.75, 3.05) is 50.9 Å². The highest BCUT2D eigenvalue weighted by molar-refractivity contribution is 5.97. The first-order valence-electron chi connectivity index (χ1n) is 11.6. The molecule has 5 rings (SSSR count). The molecule has 1 aliphatic rings. The molecule has 0 radical (unpaired) electrons. The Bertz CT molecular complexity index is 1370. The lowest BCUT2D eigenvalue weighted by Gasteiger charge is -2.35. The van der Waals surface area contributed by atoms with Crippen molar-refractivity contribution in [3.63, 3.8) is 0 Å². The van der Waals surface area contributed by atoms with E-state index in [0.29, 0.717) is 43.1 Å². The van der Waals surface area contributed by atoms with Crippen LogP contribution < -0.4 is 10.6 Å². The van der Waals surface area contributed by atoms with E-state index in [1.54, 1.807) is 0 Å². The van der Waals surface area contributed by atoms with E-state index < -0.39 is 0 Å². The summed E-state index contributed by atoms with van der Waals surface area (Å²) in [6.07, 6.45) is 0. The zero-order valence-electron chi connectivity index (χ0n) is 19.9. The molecule has 0 spiro atoms. The SMILES string of the molecule is CN(C)c1ccc(C(=O)N2CCN(C(=O)c3ccc(-c4ccc5c(N)n[nH]c5c4)cc3)CC2)cc1. The maximum Gasteiger partial charge on any atom is 0.253 e. The molecule has 0 saturated carbocycles. The molecule has 8 nitrogen and oxygen atoms in total. The third kappa shape index (κ3) is 4.42. The molecule has 3 aromatic carbocycles. The van der Waals surface area contributed by atoms with Crippen molar-refractivity contribution in [3.8, 4) is 11.1 Å². The van der Waals surface area contributed by atoms with Gasteiger partial charge in [-0.05, 0) is 59.7 Å². The smallest absolute Gasteiger partial charge is 0.253 e. The van der Waals surface area contributed by atoms with Crippen LogP contribution >= 0.6 is 0 Å². The third-order valence-electron chi connectivity index (χ3n) is 6.54. The fourth-order valence-electron chi connectivity index (χ4n) is 4.41. The molecule has 3 N–H and O–H groups in total. The van der Waals surface area contributed by atoms with Gasteiger partial charge in [0.25, 0.3) is 11.8 Å². The van der Waals surface area contributed by atoms with Crippen LogP contribution in [-0.2, 0) is 0 Å². The van der Waals surface area contributed by atoms with Crippen molar-refractivity contribution in [2.45, 2.75) is 0 Å². The zero-order chi connectivity index (χ0) is 24.5. The van der Waals surface area contributed by atoms with Crippen molar-refractivity contribution in [1.82, 2.24) is 20.0 Å². The summed E-state index contributed by atoms with van der Waals surface area (Å²) in [6.45, 7) is 2.07. The number of nitrogen functional groups attached to an aromatic ring is 1. The van der Waals surface area contributed by atoms with Crippen molar-refractivity contribution in [2.24, 2.45) is 0 Å². The number of fused-ring (bicyclic) bond motifs is 1. The predicted octanol–water partition coefficient (Wildman–Crippen LogP) is 3.48. The van der Waals surface area contributed by atoms with E-state index in [1.165, 1.54) is 0 Å². The van der Waals surface area contributed by atoms with E-state index >= 15 is 0 Å². The van der Waals surface area contributed by atoms with Gasteiger partial charge in [-0.2, -0.15) is 5.10 Å². The quantitative estimate of drug-likeness (QED) is 0.478. The lowest BCUT2D eigenvalue weighted by Crippen LogP contribution is -2.50. The van der Waals surface area contributed by atoms with Crippen molar-refractivity contribution >= 4 is 34.2 Å². The number of anilines is 2. The number of aromatic nitrogens is 2. The highest BCUT2D eigenvalue weighted by Crippen LogP contribution is 2.26. The molecular formula is C27H28N6O2. The molecule has 1 fully saturated rings. The Morgan fingerprint density at radius 2 is 1.31 bits per heavy atom. The van der Waals surface area contributed by atoms with E-state index in [4.69, 9.17) is 5.73 Å². The Morgan fingerprint density at radius 3 is 1.86 bits per heavy atom. The summed E-state index contributed by atoms with van der Waals surface area (Å²) >= 11 is 0. The minimum atomic E-state index is -0.0178. The summed E-state index contributed by atoms with van der Waals surface area (Å²) < 4.78 is 0. The van der Waals surface area contributed by atoms with Crippen molar-refractivity contribution in [1.29, 1.82) is 0 Å². The summed E-state index contributed by atoms with van der Waals surface area (Å²) in [5, 5.41) is 7.86. The number of carbonyl (C=O) groups excluding carboxylic acids is 2.